The molecule has 0 amide bonds. The van der Waals surface area contributed by atoms with E-state index >= 15 is 0 Å². The Kier molecular flexibility index (Phi) is 6.87. The zero-order valence-corrected chi connectivity index (χ0v) is 16.2. The van der Waals surface area contributed by atoms with Crippen LogP contribution in [0.25, 0.3) is 0 Å². The van der Waals surface area contributed by atoms with Gasteiger partial charge in [0.15, 0.2) is 0 Å². The van der Waals surface area contributed by atoms with Crippen molar-refractivity contribution < 1.29 is 9.84 Å². The third kappa shape index (κ3) is 5.99. The van der Waals surface area contributed by atoms with Crippen LogP contribution in [-0.4, -0.2) is 11.7 Å². The van der Waals surface area contributed by atoms with E-state index in [-0.39, 0.29) is 5.75 Å². The molecule has 0 radical (unpaired) electrons. The lowest BCUT2D eigenvalue weighted by molar-refractivity contribution is 0.300. The Morgan fingerprint density at radius 1 is 1.00 bits per heavy atom. The first kappa shape index (κ1) is 17.9. The lowest BCUT2D eigenvalue weighted by Gasteiger charge is -2.06. The highest BCUT2D eigenvalue weighted by atomic mass is 79.9. The van der Waals surface area contributed by atoms with Crippen molar-refractivity contribution in [1.29, 1.82) is 0 Å². The summed E-state index contributed by atoms with van der Waals surface area (Å²) >= 11 is 18.0. The van der Waals surface area contributed by atoms with Crippen LogP contribution >= 0.6 is 55.1 Å². The molecule has 0 bridgehead atoms. The number of halogens is 4. The van der Waals surface area contributed by atoms with Gasteiger partial charge in [-0.1, -0.05) is 55.1 Å². The average Bonchev–Trinajstić information content (AvgIpc) is 3.29. The van der Waals surface area contributed by atoms with Crippen LogP contribution in [0.15, 0.2) is 45.3 Å². The second-order valence-corrected chi connectivity index (χ2v) is 7.57. The van der Waals surface area contributed by atoms with Gasteiger partial charge in [0, 0.05) is 8.95 Å². The number of hydrogen-bond donors (Lipinski definition) is 1. The van der Waals surface area contributed by atoms with Crippen LogP contribution in [-0.2, 0) is 0 Å². The van der Waals surface area contributed by atoms with Crippen molar-refractivity contribution in [3.63, 3.8) is 0 Å². The zero-order valence-electron chi connectivity index (χ0n) is 11.5. The molecule has 118 valence electrons. The number of aromatic hydroxyl groups is 1. The van der Waals surface area contributed by atoms with Crippen LogP contribution in [0.4, 0.5) is 0 Å². The SMILES string of the molecule is Clc1ccc(Br)cc1OCC1CC1.Oc1cc(Br)ccc1Cl. The van der Waals surface area contributed by atoms with Crippen LogP contribution in [0, 0.1) is 5.92 Å². The molecule has 1 fully saturated rings. The Morgan fingerprint density at radius 2 is 1.59 bits per heavy atom. The van der Waals surface area contributed by atoms with Crippen molar-refractivity contribution in [3.05, 3.63) is 55.4 Å². The molecule has 0 saturated heterocycles. The summed E-state index contributed by atoms with van der Waals surface area (Å²) < 4.78 is 7.41. The van der Waals surface area contributed by atoms with Gasteiger partial charge in [-0.25, -0.2) is 0 Å². The van der Waals surface area contributed by atoms with Gasteiger partial charge in [0.05, 0.1) is 16.7 Å². The maximum Gasteiger partial charge on any atom is 0.139 e. The summed E-state index contributed by atoms with van der Waals surface area (Å²) in [4.78, 5) is 0. The van der Waals surface area contributed by atoms with Crippen LogP contribution < -0.4 is 4.74 Å². The molecule has 1 saturated carbocycles. The fourth-order valence-corrected chi connectivity index (χ4v) is 2.54. The molecule has 0 aromatic heterocycles. The lowest BCUT2D eigenvalue weighted by atomic mass is 10.3. The van der Waals surface area contributed by atoms with E-state index in [1.54, 1.807) is 18.2 Å². The average molecular weight is 469 g/mol. The van der Waals surface area contributed by atoms with E-state index in [4.69, 9.17) is 33.0 Å². The molecule has 2 nitrogen and oxygen atoms in total. The Hall–Kier alpha value is -0.420. The molecule has 2 aromatic rings. The van der Waals surface area contributed by atoms with Crippen molar-refractivity contribution >= 4 is 55.1 Å². The number of phenolic OH excluding ortho intramolecular Hbond substituents is 1. The molecular formula is C16H14Br2Cl2O2. The number of benzene rings is 2. The van der Waals surface area contributed by atoms with Gasteiger partial charge < -0.3 is 9.84 Å². The van der Waals surface area contributed by atoms with Gasteiger partial charge in [0.25, 0.3) is 0 Å². The molecule has 1 N–H and O–H groups in total. The van der Waals surface area contributed by atoms with Crippen molar-refractivity contribution in [2.45, 2.75) is 12.8 Å². The number of hydrogen-bond acceptors (Lipinski definition) is 2. The highest BCUT2D eigenvalue weighted by Gasteiger charge is 2.22. The molecule has 0 heterocycles. The minimum atomic E-state index is 0.103. The molecule has 1 aliphatic carbocycles. The van der Waals surface area contributed by atoms with Gasteiger partial charge in [-0.3, -0.25) is 0 Å². The largest absolute Gasteiger partial charge is 0.506 e. The predicted molar refractivity (Wildman–Crippen MR) is 98.2 cm³/mol. The summed E-state index contributed by atoms with van der Waals surface area (Å²) in [5.74, 6) is 1.64. The molecule has 0 spiro atoms. The van der Waals surface area contributed by atoms with Crippen molar-refractivity contribution in [3.8, 4) is 11.5 Å². The van der Waals surface area contributed by atoms with E-state index in [0.717, 1.165) is 27.2 Å². The Labute approximate surface area is 156 Å². The van der Waals surface area contributed by atoms with Gasteiger partial charge in [-0.05, 0) is 55.2 Å². The van der Waals surface area contributed by atoms with Crippen molar-refractivity contribution in [2.75, 3.05) is 6.61 Å². The van der Waals surface area contributed by atoms with Crippen LogP contribution in [0.3, 0.4) is 0 Å². The van der Waals surface area contributed by atoms with Crippen molar-refractivity contribution in [1.82, 2.24) is 0 Å². The predicted octanol–water partition coefficient (Wildman–Crippen LogP) is 6.70. The monoisotopic (exact) mass is 466 g/mol. The summed E-state index contributed by atoms with van der Waals surface area (Å²) in [6.07, 6.45) is 2.59. The van der Waals surface area contributed by atoms with E-state index in [1.165, 1.54) is 12.8 Å². The molecule has 0 aliphatic heterocycles. The fraction of sp³-hybridized carbons (Fsp3) is 0.250. The van der Waals surface area contributed by atoms with E-state index in [2.05, 4.69) is 31.9 Å². The highest BCUT2D eigenvalue weighted by Crippen LogP contribution is 2.32. The third-order valence-electron chi connectivity index (χ3n) is 2.97. The first-order valence-corrected chi connectivity index (χ1v) is 9.02. The lowest BCUT2D eigenvalue weighted by Crippen LogP contribution is -1.99. The highest BCUT2D eigenvalue weighted by molar-refractivity contribution is 9.10. The molecule has 6 heteroatoms. The summed E-state index contributed by atoms with van der Waals surface area (Å²) in [7, 11) is 0. The van der Waals surface area contributed by atoms with Crippen LogP contribution in [0.5, 0.6) is 11.5 Å². The maximum atomic E-state index is 8.94. The van der Waals surface area contributed by atoms with E-state index < -0.39 is 0 Å². The minimum absolute atomic E-state index is 0.103. The first-order valence-electron chi connectivity index (χ1n) is 6.67. The molecular weight excluding hydrogens is 455 g/mol. The van der Waals surface area contributed by atoms with Gasteiger partial charge in [-0.15, -0.1) is 0 Å². The maximum absolute atomic E-state index is 8.94. The molecule has 0 unspecified atom stereocenters. The van der Waals surface area contributed by atoms with E-state index in [9.17, 15) is 0 Å². The Morgan fingerprint density at radius 3 is 2.14 bits per heavy atom. The molecule has 3 rings (SSSR count). The smallest absolute Gasteiger partial charge is 0.139 e. The number of rotatable bonds is 3. The van der Waals surface area contributed by atoms with Gasteiger partial charge in [-0.2, -0.15) is 0 Å². The zero-order chi connectivity index (χ0) is 16.1. The second-order valence-electron chi connectivity index (χ2n) is 4.92. The van der Waals surface area contributed by atoms with Crippen molar-refractivity contribution in [2.24, 2.45) is 5.92 Å². The standard InChI is InChI=1S/C10H10BrClO.C6H4BrClO/c11-8-3-4-9(12)10(5-8)13-6-7-1-2-7;7-4-1-2-5(8)6(9)3-4/h3-5,7H,1-2,6H2;1-3,9H. The van der Waals surface area contributed by atoms with Gasteiger partial charge in [0.2, 0.25) is 0 Å². The summed E-state index contributed by atoms with van der Waals surface area (Å²) in [6.45, 7) is 0.802. The topological polar surface area (TPSA) is 29.5 Å². The van der Waals surface area contributed by atoms with Crippen LogP contribution in [0.1, 0.15) is 12.8 Å². The van der Waals surface area contributed by atoms with E-state index in [0.29, 0.717) is 10.0 Å². The molecule has 2 aromatic carbocycles. The van der Waals surface area contributed by atoms with Gasteiger partial charge in [0.1, 0.15) is 11.5 Å². The van der Waals surface area contributed by atoms with Gasteiger partial charge >= 0.3 is 0 Å². The first-order chi connectivity index (χ1) is 10.5. The fourth-order valence-electron chi connectivity index (χ4n) is 1.57. The summed E-state index contributed by atoms with van der Waals surface area (Å²) in [5.41, 5.74) is 0. The van der Waals surface area contributed by atoms with E-state index in [1.807, 2.05) is 18.2 Å². The second kappa shape index (κ2) is 8.44. The number of ether oxygens (including phenoxy) is 1. The third-order valence-corrected chi connectivity index (χ3v) is 4.59. The molecule has 0 atom stereocenters. The van der Waals surface area contributed by atoms with Crippen LogP contribution in [0.2, 0.25) is 10.0 Å². The summed E-state index contributed by atoms with van der Waals surface area (Å²) in [6, 6.07) is 10.6. The molecule has 1 aliphatic rings. The minimum Gasteiger partial charge on any atom is -0.506 e. The normalized spacial score (nSPS) is 13.3. The number of phenols is 1. The summed E-state index contributed by atoms with van der Waals surface area (Å²) in [5, 5.41) is 10.00. The Bertz CT molecular complexity index is 646. The molecule has 22 heavy (non-hydrogen) atoms. The quantitative estimate of drug-likeness (QED) is 0.543. The Balaban J connectivity index is 0.000000172.